The number of aromatic nitrogens is 4. The molecule has 3 aromatic rings. The molecule has 12 heteroatoms. The monoisotopic (exact) mass is 489 g/mol. The quantitative estimate of drug-likeness (QED) is 0.564. The number of nitrogens with one attached hydrogen (secondary N) is 1. The van der Waals surface area contributed by atoms with Gasteiger partial charge in [-0.25, -0.2) is 4.68 Å². The lowest BCUT2D eigenvalue weighted by atomic mass is 9.90. The highest BCUT2D eigenvalue weighted by molar-refractivity contribution is 5.89. The summed E-state index contributed by atoms with van der Waals surface area (Å²) >= 11 is 0. The maximum Gasteiger partial charge on any atom is 0.416 e. The molecule has 0 spiro atoms. The molecule has 35 heavy (non-hydrogen) atoms. The number of nitrogens with zero attached hydrogens (tertiary/aromatic N) is 6. The van der Waals surface area contributed by atoms with E-state index in [1.165, 1.54) is 10.7 Å². The van der Waals surface area contributed by atoms with Crippen LogP contribution in [-0.2, 0) is 10.9 Å². The second-order valence-electron chi connectivity index (χ2n) is 9.39. The first kappa shape index (κ1) is 22.5. The van der Waals surface area contributed by atoms with Crippen LogP contribution in [0.5, 0.6) is 0 Å². The molecule has 1 aromatic carbocycles. The lowest BCUT2D eigenvalue weighted by Gasteiger charge is -2.47. The normalized spacial score (nSPS) is 23.8. The van der Waals surface area contributed by atoms with Gasteiger partial charge in [0.15, 0.2) is 5.65 Å². The predicted octanol–water partition coefficient (Wildman–Crippen LogP) is 2.29. The van der Waals surface area contributed by atoms with Crippen molar-refractivity contribution < 1.29 is 23.0 Å². The molecule has 0 radical (unpaired) electrons. The highest BCUT2D eigenvalue weighted by Crippen LogP contribution is 2.34. The van der Waals surface area contributed by atoms with E-state index >= 15 is 0 Å². The zero-order valence-corrected chi connectivity index (χ0v) is 18.9. The van der Waals surface area contributed by atoms with Crippen LogP contribution in [0.25, 0.3) is 16.7 Å². The number of aliphatic hydroxyl groups is 1. The molecule has 0 bridgehead atoms. The van der Waals surface area contributed by atoms with E-state index in [-0.39, 0.29) is 17.8 Å². The number of benzene rings is 1. The van der Waals surface area contributed by atoms with Gasteiger partial charge in [0.2, 0.25) is 5.95 Å². The van der Waals surface area contributed by atoms with Gasteiger partial charge in [-0.05, 0) is 31.0 Å². The molecule has 0 atom stereocenters. The van der Waals surface area contributed by atoms with Gasteiger partial charge in [0.05, 0.1) is 42.2 Å². The number of aliphatic hydroxyl groups excluding tert-OH is 1. The second kappa shape index (κ2) is 8.61. The van der Waals surface area contributed by atoms with E-state index in [2.05, 4.69) is 25.2 Å². The number of anilines is 2. The van der Waals surface area contributed by atoms with Crippen molar-refractivity contribution in [3.05, 3.63) is 36.0 Å². The van der Waals surface area contributed by atoms with Crippen LogP contribution in [0.1, 0.15) is 18.4 Å². The Labute approximate surface area is 199 Å². The number of ether oxygens (including phenoxy) is 1. The Bertz CT molecular complexity index is 1220. The molecule has 2 aliphatic heterocycles. The molecule has 2 N–H and O–H groups in total. The lowest BCUT2D eigenvalue weighted by molar-refractivity contribution is -0.137. The van der Waals surface area contributed by atoms with Crippen molar-refractivity contribution in [2.24, 2.45) is 0 Å². The summed E-state index contributed by atoms with van der Waals surface area (Å²) in [6.07, 6.45) is -1.97. The van der Waals surface area contributed by atoms with E-state index in [1.807, 2.05) is 0 Å². The van der Waals surface area contributed by atoms with Gasteiger partial charge in [-0.2, -0.15) is 28.2 Å². The maximum atomic E-state index is 13.3. The summed E-state index contributed by atoms with van der Waals surface area (Å²) in [4.78, 5) is 14.0. The summed E-state index contributed by atoms with van der Waals surface area (Å²) in [5.74, 6) is 1.09. The molecule has 3 aliphatic rings. The minimum Gasteiger partial charge on any atom is -0.393 e. The zero-order chi connectivity index (χ0) is 24.2. The Morgan fingerprint density at radius 2 is 1.86 bits per heavy atom. The summed E-state index contributed by atoms with van der Waals surface area (Å²) in [6, 6.07) is 5.51. The zero-order valence-electron chi connectivity index (χ0n) is 18.9. The molecular formula is C23H26F3N7O2. The van der Waals surface area contributed by atoms with E-state index in [0.29, 0.717) is 41.7 Å². The highest BCUT2D eigenvalue weighted by Gasteiger charge is 2.36. The Balaban J connectivity index is 1.34. The third-order valence-electron chi connectivity index (χ3n) is 7.00. The highest BCUT2D eigenvalue weighted by atomic mass is 19.4. The number of hydrogen-bond acceptors (Lipinski definition) is 8. The molecule has 1 aliphatic carbocycles. The second-order valence-corrected chi connectivity index (χ2v) is 9.39. The van der Waals surface area contributed by atoms with Crippen LogP contribution in [0.3, 0.4) is 0 Å². The minimum absolute atomic E-state index is 0.0534. The Hall–Kier alpha value is -2.96. The van der Waals surface area contributed by atoms with Crippen molar-refractivity contribution in [2.75, 3.05) is 49.6 Å². The summed E-state index contributed by atoms with van der Waals surface area (Å²) in [5, 5.41) is 18.0. The first-order valence-corrected chi connectivity index (χ1v) is 11.8. The Kier molecular flexibility index (Phi) is 5.53. The summed E-state index contributed by atoms with van der Waals surface area (Å²) in [5.41, 5.74) is -0.0309. The van der Waals surface area contributed by atoms with Gasteiger partial charge in [0.1, 0.15) is 5.82 Å². The van der Waals surface area contributed by atoms with Crippen molar-refractivity contribution in [1.29, 1.82) is 0 Å². The smallest absolute Gasteiger partial charge is 0.393 e. The van der Waals surface area contributed by atoms with Crippen molar-refractivity contribution >= 4 is 22.8 Å². The van der Waals surface area contributed by atoms with Crippen LogP contribution in [0.4, 0.5) is 24.9 Å². The molecule has 2 saturated heterocycles. The third-order valence-corrected chi connectivity index (χ3v) is 7.00. The SMILES string of the molecule is O[C@H]1C[C@@H](Nc2nc(N3CC(N4CCOCC4)C3)c3cnn(-c4cccc(C(F)(F)F)c4)c3n2)C1. The van der Waals surface area contributed by atoms with Gasteiger partial charge in [0.25, 0.3) is 0 Å². The van der Waals surface area contributed by atoms with Crippen LogP contribution in [0.15, 0.2) is 30.5 Å². The molecular weight excluding hydrogens is 463 g/mol. The number of alkyl halides is 3. The first-order chi connectivity index (χ1) is 16.8. The minimum atomic E-state index is -4.46. The molecule has 0 amide bonds. The molecule has 3 fully saturated rings. The van der Waals surface area contributed by atoms with E-state index in [1.54, 1.807) is 12.3 Å². The summed E-state index contributed by atoms with van der Waals surface area (Å²) in [7, 11) is 0. The van der Waals surface area contributed by atoms with Crippen LogP contribution in [0.2, 0.25) is 0 Å². The van der Waals surface area contributed by atoms with Crippen molar-refractivity contribution in [3.63, 3.8) is 0 Å². The number of fused-ring (bicyclic) bond motifs is 1. The molecule has 1 saturated carbocycles. The standard InChI is InChI=1S/C23H26F3N7O2/c24-23(25,26)14-2-1-3-16(8-14)33-21-19(11-27-33)20(29-22(30-21)28-15-9-18(34)10-15)32-12-17(13-32)31-4-6-35-7-5-31/h1-3,8,11,15,17-18,34H,4-7,9-10,12-13H2,(H,28,29,30)/t15-,18+. The fourth-order valence-electron chi connectivity index (χ4n) is 4.89. The largest absolute Gasteiger partial charge is 0.416 e. The van der Waals surface area contributed by atoms with Gasteiger partial charge in [-0.1, -0.05) is 6.07 Å². The van der Waals surface area contributed by atoms with E-state index in [4.69, 9.17) is 9.72 Å². The molecule has 186 valence electrons. The molecule has 0 unspecified atom stereocenters. The summed E-state index contributed by atoms with van der Waals surface area (Å²) < 4.78 is 46.8. The lowest BCUT2D eigenvalue weighted by Crippen LogP contribution is -2.61. The maximum absolute atomic E-state index is 13.3. The predicted molar refractivity (Wildman–Crippen MR) is 123 cm³/mol. The third kappa shape index (κ3) is 4.30. The van der Waals surface area contributed by atoms with Crippen LogP contribution < -0.4 is 10.2 Å². The van der Waals surface area contributed by atoms with Crippen molar-refractivity contribution in [2.45, 2.75) is 37.2 Å². The topological polar surface area (TPSA) is 91.6 Å². The fourth-order valence-corrected chi connectivity index (χ4v) is 4.89. The van der Waals surface area contributed by atoms with Gasteiger partial charge in [-0.3, -0.25) is 4.90 Å². The van der Waals surface area contributed by atoms with E-state index in [0.717, 1.165) is 51.5 Å². The molecule has 9 nitrogen and oxygen atoms in total. The van der Waals surface area contributed by atoms with Crippen molar-refractivity contribution in [1.82, 2.24) is 24.6 Å². The van der Waals surface area contributed by atoms with Gasteiger partial charge in [-0.15, -0.1) is 0 Å². The Morgan fingerprint density at radius 3 is 2.57 bits per heavy atom. The number of morpholine rings is 1. The fraction of sp³-hybridized carbons (Fsp3) is 0.522. The summed E-state index contributed by atoms with van der Waals surface area (Å²) in [6.45, 7) is 4.87. The number of rotatable bonds is 5. The number of hydrogen-bond donors (Lipinski definition) is 2. The Morgan fingerprint density at radius 1 is 1.09 bits per heavy atom. The van der Waals surface area contributed by atoms with Crippen LogP contribution in [-0.4, -0.2) is 87.3 Å². The first-order valence-electron chi connectivity index (χ1n) is 11.8. The average molecular weight is 490 g/mol. The molecule has 4 heterocycles. The van der Waals surface area contributed by atoms with Gasteiger partial charge >= 0.3 is 6.18 Å². The van der Waals surface area contributed by atoms with E-state index in [9.17, 15) is 18.3 Å². The average Bonchev–Trinajstić information content (AvgIpc) is 3.21. The number of halogens is 3. The van der Waals surface area contributed by atoms with E-state index < -0.39 is 11.7 Å². The molecule has 6 rings (SSSR count). The van der Waals surface area contributed by atoms with Gasteiger partial charge < -0.3 is 20.1 Å². The van der Waals surface area contributed by atoms with Crippen LogP contribution in [0, 0.1) is 0 Å². The van der Waals surface area contributed by atoms with Gasteiger partial charge in [0, 0.05) is 38.3 Å². The van der Waals surface area contributed by atoms with Crippen LogP contribution >= 0.6 is 0 Å². The molecule has 2 aromatic heterocycles. The van der Waals surface area contributed by atoms with Crippen molar-refractivity contribution in [3.8, 4) is 5.69 Å².